The number of tetrazole rings is 1. The predicted molar refractivity (Wildman–Crippen MR) is 59.9 cm³/mol. The molecule has 1 fully saturated rings. The lowest BCUT2D eigenvalue weighted by atomic mass is 9.89. The van der Waals surface area contributed by atoms with Crippen molar-refractivity contribution in [2.24, 2.45) is 5.92 Å². The molecule has 6 nitrogen and oxygen atoms in total. The molecule has 17 heavy (non-hydrogen) atoms. The summed E-state index contributed by atoms with van der Waals surface area (Å²) >= 11 is 0. The third-order valence-electron chi connectivity index (χ3n) is 3.35. The summed E-state index contributed by atoms with van der Waals surface area (Å²) in [4.78, 5) is 0. The Morgan fingerprint density at radius 1 is 1.29 bits per heavy atom. The van der Waals surface area contributed by atoms with E-state index < -0.39 is 0 Å². The lowest BCUT2D eigenvalue weighted by molar-refractivity contribution is 0.306. The second kappa shape index (κ2) is 4.65. The van der Waals surface area contributed by atoms with E-state index in [0.29, 0.717) is 17.4 Å². The molecule has 0 bridgehead atoms. The van der Waals surface area contributed by atoms with Gasteiger partial charge < -0.3 is 4.52 Å². The fourth-order valence-corrected chi connectivity index (χ4v) is 2.45. The van der Waals surface area contributed by atoms with Gasteiger partial charge in [0.15, 0.2) is 5.69 Å². The third-order valence-corrected chi connectivity index (χ3v) is 3.35. The van der Waals surface area contributed by atoms with Gasteiger partial charge in [0, 0.05) is 12.6 Å². The molecule has 0 radical (unpaired) electrons. The van der Waals surface area contributed by atoms with Gasteiger partial charge in [0.1, 0.15) is 6.26 Å². The van der Waals surface area contributed by atoms with Crippen LogP contribution in [-0.4, -0.2) is 25.4 Å². The maximum Gasteiger partial charge on any atom is 0.204 e. The van der Waals surface area contributed by atoms with E-state index in [1.807, 2.05) is 4.68 Å². The van der Waals surface area contributed by atoms with Gasteiger partial charge >= 0.3 is 0 Å². The van der Waals surface area contributed by atoms with Crippen LogP contribution in [0.15, 0.2) is 16.9 Å². The van der Waals surface area contributed by atoms with Gasteiger partial charge in [-0.3, -0.25) is 0 Å². The fourth-order valence-electron chi connectivity index (χ4n) is 2.45. The zero-order chi connectivity index (χ0) is 11.5. The van der Waals surface area contributed by atoms with Crippen molar-refractivity contribution < 1.29 is 4.52 Å². The van der Waals surface area contributed by atoms with Crippen molar-refractivity contribution in [3.8, 4) is 11.5 Å². The van der Waals surface area contributed by atoms with Crippen molar-refractivity contribution >= 4 is 0 Å². The summed E-state index contributed by atoms with van der Waals surface area (Å²) in [6.07, 6.45) is 8.10. The number of hydrogen-bond donors (Lipinski definition) is 0. The van der Waals surface area contributed by atoms with Crippen LogP contribution in [0.4, 0.5) is 0 Å². The standard InChI is InChI=1S/C11H15N5O/c1-2-4-9(5-3-1)8-16-11(12-14-15-16)10-6-7-17-13-10/h6-7,9H,1-5,8H2. The highest BCUT2D eigenvalue weighted by Crippen LogP contribution is 2.25. The normalized spacial score (nSPS) is 17.4. The van der Waals surface area contributed by atoms with Gasteiger partial charge in [0.05, 0.1) is 0 Å². The molecule has 2 heterocycles. The van der Waals surface area contributed by atoms with Gasteiger partial charge in [-0.15, -0.1) is 5.10 Å². The molecule has 0 aliphatic heterocycles. The van der Waals surface area contributed by atoms with Crippen LogP contribution in [-0.2, 0) is 6.54 Å². The molecule has 0 amide bonds. The van der Waals surface area contributed by atoms with Gasteiger partial charge in [-0.2, -0.15) is 0 Å². The molecule has 1 aliphatic rings. The molecule has 90 valence electrons. The molecule has 6 heteroatoms. The number of aromatic nitrogens is 5. The molecular weight excluding hydrogens is 218 g/mol. The Morgan fingerprint density at radius 2 is 2.18 bits per heavy atom. The Kier molecular flexibility index (Phi) is 2.85. The molecule has 0 unspecified atom stereocenters. The summed E-state index contributed by atoms with van der Waals surface area (Å²) in [7, 11) is 0. The lowest BCUT2D eigenvalue weighted by Gasteiger charge is -2.21. The van der Waals surface area contributed by atoms with Crippen molar-refractivity contribution in [2.45, 2.75) is 38.6 Å². The molecule has 1 saturated carbocycles. The predicted octanol–water partition coefficient (Wildman–Crippen LogP) is 1.91. The first kappa shape index (κ1) is 10.4. The van der Waals surface area contributed by atoms with E-state index in [4.69, 9.17) is 4.52 Å². The Morgan fingerprint density at radius 3 is 2.94 bits per heavy atom. The van der Waals surface area contributed by atoms with Crippen molar-refractivity contribution in [3.05, 3.63) is 12.3 Å². The van der Waals surface area contributed by atoms with Gasteiger partial charge in [0.25, 0.3) is 0 Å². The molecule has 0 atom stereocenters. The zero-order valence-electron chi connectivity index (χ0n) is 9.62. The van der Waals surface area contributed by atoms with Crippen LogP contribution in [0.1, 0.15) is 32.1 Å². The van der Waals surface area contributed by atoms with Crippen molar-refractivity contribution in [2.75, 3.05) is 0 Å². The highest BCUT2D eigenvalue weighted by Gasteiger charge is 2.18. The Labute approximate surface area is 99.0 Å². The number of rotatable bonds is 3. The molecule has 0 saturated heterocycles. The zero-order valence-corrected chi connectivity index (χ0v) is 9.62. The van der Waals surface area contributed by atoms with E-state index in [1.54, 1.807) is 6.07 Å². The highest BCUT2D eigenvalue weighted by molar-refractivity contribution is 5.46. The minimum Gasteiger partial charge on any atom is -0.364 e. The number of hydrogen-bond acceptors (Lipinski definition) is 5. The van der Waals surface area contributed by atoms with E-state index >= 15 is 0 Å². The first-order valence-corrected chi connectivity index (χ1v) is 6.10. The van der Waals surface area contributed by atoms with E-state index in [1.165, 1.54) is 38.4 Å². The van der Waals surface area contributed by atoms with E-state index in [-0.39, 0.29) is 0 Å². The molecule has 1 aliphatic carbocycles. The molecule has 0 aromatic carbocycles. The topological polar surface area (TPSA) is 69.6 Å². The summed E-state index contributed by atoms with van der Waals surface area (Å²) in [5.74, 6) is 1.39. The maximum atomic E-state index is 4.82. The lowest BCUT2D eigenvalue weighted by Crippen LogP contribution is -2.16. The van der Waals surface area contributed by atoms with Crippen LogP contribution >= 0.6 is 0 Å². The Hall–Kier alpha value is -1.72. The second-order valence-corrected chi connectivity index (χ2v) is 4.57. The van der Waals surface area contributed by atoms with E-state index in [9.17, 15) is 0 Å². The largest absolute Gasteiger partial charge is 0.364 e. The molecular formula is C11H15N5O. The van der Waals surface area contributed by atoms with E-state index in [2.05, 4.69) is 20.7 Å². The minimum absolute atomic E-state index is 0.693. The van der Waals surface area contributed by atoms with Crippen LogP contribution in [0, 0.1) is 5.92 Å². The second-order valence-electron chi connectivity index (χ2n) is 4.57. The van der Waals surface area contributed by atoms with Crippen LogP contribution in [0.25, 0.3) is 11.5 Å². The van der Waals surface area contributed by atoms with Crippen molar-refractivity contribution in [3.63, 3.8) is 0 Å². The molecule has 2 aromatic heterocycles. The molecule has 3 rings (SSSR count). The number of nitrogens with zero attached hydrogens (tertiary/aromatic N) is 5. The summed E-state index contributed by atoms with van der Waals surface area (Å²) < 4.78 is 6.67. The average molecular weight is 233 g/mol. The van der Waals surface area contributed by atoms with Gasteiger partial charge in [0.2, 0.25) is 5.82 Å². The SMILES string of the molecule is c1cc(-c2nnnn2CC2CCCCC2)no1. The first-order valence-electron chi connectivity index (χ1n) is 6.10. The summed E-state index contributed by atoms with van der Waals surface area (Å²) in [5, 5.41) is 15.6. The van der Waals surface area contributed by atoms with Crippen LogP contribution in [0.2, 0.25) is 0 Å². The molecule has 2 aromatic rings. The summed E-state index contributed by atoms with van der Waals surface area (Å²) in [6.45, 7) is 0.884. The molecule has 0 spiro atoms. The van der Waals surface area contributed by atoms with Gasteiger partial charge in [-0.1, -0.05) is 24.4 Å². The van der Waals surface area contributed by atoms with Crippen LogP contribution < -0.4 is 0 Å². The smallest absolute Gasteiger partial charge is 0.204 e. The van der Waals surface area contributed by atoms with Gasteiger partial charge in [-0.25, -0.2) is 4.68 Å². The first-order chi connectivity index (χ1) is 8.43. The Balaban J connectivity index is 1.77. The average Bonchev–Trinajstić information content (AvgIpc) is 3.00. The fraction of sp³-hybridized carbons (Fsp3) is 0.636. The highest BCUT2D eigenvalue weighted by atomic mass is 16.5. The van der Waals surface area contributed by atoms with Crippen molar-refractivity contribution in [1.82, 2.24) is 25.4 Å². The minimum atomic E-state index is 0.693. The Bertz CT molecular complexity index is 458. The van der Waals surface area contributed by atoms with Gasteiger partial charge in [-0.05, 0) is 29.2 Å². The van der Waals surface area contributed by atoms with Crippen LogP contribution in [0.5, 0.6) is 0 Å². The monoisotopic (exact) mass is 233 g/mol. The molecule has 0 N–H and O–H groups in total. The summed E-state index contributed by atoms with van der Waals surface area (Å²) in [6, 6.07) is 1.78. The summed E-state index contributed by atoms with van der Waals surface area (Å²) in [5.41, 5.74) is 0.700. The quantitative estimate of drug-likeness (QED) is 0.809. The van der Waals surface area contributed by atoms with Crippen LogP contribution in [0.3, 0.4) is 0 Å². The maximum absolute atomic E-state index is 4.82. The van der Waals surface area contributed by atoms with Crippen molar-refractivity contribution in [1.29, 1.82) is 0 Å². The third kappa shape index (κ3) is 2.20. The van der Waals surface area contributed by atoms with E-state index in [0.717, 1.165) is 6.54 Å².